The third-order valence-electron chi connectivity index (χ3n) is 2.35. The number of hydrogen-bond acceptors (Lipinski definition) is 1. The van der Waals surface area contributed by atoms with E-state index in [0.29, 0.717) is 0 Å². The summed E-state index contributed by atoms with van der Waals surface area (Å²) in [5.41, 5.74) is 2.12. The number of H-pyrrole nitrogens is 1. The number of halogens is 1. The maximum Gasteiger partial charge on any atom is 0.139 e. The Morgan fingerprint density at radius 2 is 2.00 bits per heavy atom. The Morgan fingerprint density at radius 1 is 1.14 bits per heavy atom. The van der Waals surface area contributed by atoms with Crippen LogP contribution in [0.3, 0.4) is 0 Å². The van der Waals surface area contributed by atoms with Crippen molar-refractivity contribution in [1.29, 1.82) is 0 Å². The van der Waals surface area contributed by atoms with E-state index < -0.39 is 0 Å². The van der Waals surface area contributed by atoms with Gasteiger partial charge in [0.05, 0.1) is 0 Å². The Hall–Kier alpha value is -1.10. The Labute approximate surface area is 94.5 Å². The van der Waals surface area contributed by atoms with Crippen LogP contribution in [0.2, 0.25) is 0 Å². The van der Waals surface area contributed by atoms with Crippen LogP contribution in [0.5, 0.6) is 0 Å². The summed E-state index contributed by atoms with van der Waals surface area (Å²) < 4.78 is 1.24. The van der Waals surface area contributed by atoms with Crippen LogP contribution in [-0.2, 0) is 0 Å². The Balaban J connectivity index is 2.65. The molecule has 0 fully saturated rings. The van der Waals surface area contributed by atoms with Crippen LogP contribution < -0.4 is 0 Å². The number of fused-ring (bicyclic) bond motifs is 3. The molecule has 0 bridgehead atoms. The topological polar surface area (TPSA) is 28.7 Å². The van der Waals surface area contributed by atoms with Crippen LogP contribution in [0.4, 0.5) is 0 Å². The lowest BCUT2D eigenvalue weighted by Crippen LogP contribution is -1.77. The molecule has 3 aromatic rings. The highest BCUT2D eigenvalue weighted by atomic mass is 127. The number of nitrogens with one attached hydrogen (secondary N) is 1. The van der Waals surface area contributed by atoms with Gasteiger partial charge in [-0.15, -0.1) is 0 Å². The molecule has 14 heavy (non-hydrogen) atoms. The van der Waals surface area contributed by atoms with Gasteiger partial charge in [0, 0.05) is 26.1 Å². The van der Waals surface area contributed by atoms with Gasteiger partial charge in [0.15, 0.2) is 0 Å². The first-order valence-electron chi connectivity index (χ1n) is 4.37. The Morgan fingerprint density at radius 3 is 2.93 bits per heavy atom. The maximum absolute atomic E-state index is 4.32. The Bertz CT molecular complexity index is 613. The van der Waals surface area contributed by atoms with Crippen molar-refractivity contribution < 1.29 is 0 Å². The van der Waals surface area contributed by atoms with E-state index in [9.17, 15) is 0 Å². The van der Waals surface area contributed by atoms with Crippen molar-refractivity contribution in [2.24, 2.45) is 0 Å². The monoisotopic (exact) mass is 294 g/mol. The second-order valence-electron chi connectivity index (χ2n) is 3.19. The van der Waals surface area contributed by atoms with E-state index in [1.165, 1.54) is 14.3 Å². The molecule has 2 nitrogen and oxygen atoms in total. The molecule has 68 valence electrons. The van der Waals surface area contributed by atoms with Crippen molar-refractivity contribution in [3.63, 3.8) is 0 Å². The van der Waals surface area contributed by atoms with Gasteiger partial charge in [0.25, 0.3) is 0 Å². The zero-order valence-corrected chi connectivity index (χ0v) is 9.45. The molecule has 0 amide bonds. The van der Waals surface area contributed by atoms with Crippen LogP contribution in [0.1, 0.15) is 0 Å². The number of pyridine rings is 1. The molecular formula is C11H7IN2. The largest absolute Gasteiger partial charge is 0.339 e. The molecule has 0 spiro atoms. The quantitative estimate of drug-likeness (QED) is 0.633. The lowest BCUT2D eigenvalue weighted by molar-refractivity contribution is 1.34. The molecule has 0 aliphatic rings. The van der Waals surface area contributed by atoms with Crippen LogP contribution in [0, 0.1) is 3.57 Å². The molecule has 2 heterocycles. The lowest BCUT2D eigenvalue weighted by atomic mass is 10.2. The molecule has 0 saturated carbocycles. The van der Waals surface area contributed by atoms with E-state index >= 15 is 0 Å². The van der Waals surface area contributed by atoms with Gasteiger partial charge in [-0.3, -0.25) is 0 Å². The summed E-state index contributed by atoms with van der Waals surface area (Å²) in [5.74, 6) is 0. The summed E-state index contributed by atoms with van der Waals surface area (Å²) in [6, 6.07) is 10.3. The van der Waals surface area contributed by atoms with Crippen molar-refractivity contribution in [2.75, 3.05) is 0 Å². The van der Waals surface area contributed by atoms with Crippen molar-refractivity contribution in [3.05, 3.63) is 40.1 Å². The third-order valence-corrected chi connectivity index (χ3v) is 3.25. The first kappa shape index (κ1) is 8.23. The zero-order valence-electron chi connectivity index (χ0n) is 7.29. The minimum Gasteiger partial charge on any atom is -0.339 e. The molecule has 3 heteroatoms. The van der Waals surface area contributed by atoms with Gasteiger partial charge >= 0.3 is 0 Å². The highest BCUT2D eigenvalue weighted by Gasteiger charge is 2.06. The first-order valence-corrected chi connectivity index (χ1v) is 5.45. The minimum absolute atomic E-state index is 0.970. The molecule has 3 rings (SSSR count). The first-order chi connectivity index (χ1) is 6.86. The normalized spacial score (nSPS) is 11.2. The Kier molecular flexibility index (Phi) is 1.73. The predicted molar refractivity (Wildman–Crippen MR) is 66.3 cm³/mol. The van der Waals surface area contributed by atoms with Crippen molar-refractivity contribution in [2.45, 2.75) is 0 Å². The maximum atomic E-state index is 4.32. The van der Waals surface area contributed by atoms with Crippen molar-refractivity contribution in [3.8, 4) is 0 Å². The molecule has 0 unspecified atom stereocenters. The number of rotatable bonds is 0. The number of aromatic nitrogens is 2. The second-order valence-corrected chi connectivity index (χ2v) is 4.35. The predicted octanol–water partition coefficient (Wildman–Crippen LogP) is 3.32. The van der Waals surface area contributed by atoms with Crippen LogP contribution >= 0.6 is 22.6 Å². The molecule has 2 aromatic heterocycles. The zero-order chi connectivity index (χ0) is 9.54. The average molecular weight is 294 g/mol. The minimum atomic E-state index is 0.970. The summed E-state index contributed by atoms with van der Waals surface area (Å²) in [6.45, 7) is 0. The number of nitrogens with zero attached hydrogens (tertiary/aromatic N) is 1. The van der Waals surface area contributed by atoms with Gasteiger partial charge < -0.3 is 4.98 Å². The number of hydrogen-bond donors (Lipinski definition) is 1. The molecule has 0 aliphatic heterocycles. The fourth-order valence-corrected chi connectivity index (χ4v) is 2.43. The summed E-state index contributed by atoms with van der Waals surface area (Å²) in [7, 11) is 0. The average Bonchev–Trinajstić information content (AvgIpc) is 2.57. The molecule has 0 aliphatic carbocycles. The van der Waals surface area contributed by atoms with E-state index in [0.717, 1.165) is 11.2 Å². The number of aromatic amines is 1. The van der Waals surface area contributed by atoms with E-state index in [1.54, 1.807) is 0 Å². The second kappa shape index (κ2) is 2.95. The standard InChI is InChI=1S/C11H7IN2/c12-8-5-6-13-11-10(8)7-3-1-2-4-9(7)14-11/h1-6H,(H,13,14). The van der Waals surface area contributed by atoms with E-state index in [2.05, 4.69) is 50.8 Å². The highest BCUT2D eigenvalue weighted by molar-refractivity contribution is 14.1. The summed E-state index contributed by atoms with van der Waals surface area (Å²) >= 11 is 2.34. The van der Waals surface area contributed by atoms with E-state index in [-0.39, 0.29) is 0 Å². The molecule has 0 radical (unpaired) electrons. The molecule has 1 N–H and O–H groups in total. The fraction of sp³-hybridized carbons (Fsp3) is 0. The number of para-hydroxylation sites is 1. The molecular weight excluding hydrogens is 287 g/mol. The lowest BCUT2D eigenvalue weighted by Gasteiger charge is -1.92. The highest BCUT2D eigenvalue weighted by Crippen LogP contribution is 2.27. The summed E-state index contributed by atoms with van der Waals surface area (Å²) in [6.07, 6.45) is 1.83. The SMILES string of the molecule is Ic1ccnc2[nH]c3ccccc3c12. The van der Waals surface area contributed by atoms with Gasteiger partial charge in [-0.2, -0.15) is 0 Å². The fourth-order valence-electron chi connectivity index (χ4n) is 1.73. The summed E-state index contributed by atoms with van der Waals surface area (Å²) in [5, 5.41) is 2.48. The van der Waals surface area contributed by atoms with Gasteiger partial charge in [-0.1, -0.05) is 18.2 Å². The van der Waals surface area contributed by atoms with Gasteiger partial charge in [0.2, 0.25) is 0 Å². The van der Waals surface area contributed by atoms with Gasteiger partial charge in [0.1, 0.15) is 5.65 Å². The summed E-state index contributed by atoms with van der Waals surface area (Å²) in [4.78, 5) is 7.62. The number of benzene rings is 1. The smallest absolute Gasteiger partial charge is 0.139 e. The van der Waals surface area contributed by atoms with Gasteiger partial charge in [-0.05, 0) is 34.7 Å². The van der Waals surface area contributed by atoms with Crippen molar-refractivity contribution in [1.82, 2.24) is 9.97 Å². The third kappa shape index (κ3) is 1.05. The van der Waals surface area contributed by atoms with Crippen LogP contribution in [-0.4, -0.2) is 9.97 Å². The van der Waals surface area contributed by atoms with Crippen LogP contribution in [0.15, 0.2) is 36.5 Å². The molecule has 1 aromatic carbocycles. The molecule has 0 atom stereocenters. The van der Waals surface area contributed by atoms with E-state index in [1.807, 2.05) is 18.3 Å². The molecule has 0 saturated heterocycles. The van der Waals surface area contributed by atoms with Crippen molar-refractivity contribution >= 4 is 44.5 Å². The van der Waals surface area contributed by atoms with Crippen LogP contribution in [0.25, 0.3) is 21.9 Å². The van der Waals surface area contributed by atoms with E-state index in [4.69, 9.17) is 0 Å². The van der Waals surface area contributed by atoms with Gasteiger partial charge in [-0.25, -0.2) is 4.98 Å².